The van der Waals surface area contributed by atoms with Crippen LogP contribution < -0.4 is 10.6 Å². The Bertz CT molecular complexity index is 685. The smallest absolute Gasteiger partial charge is 0.407 e. The summed E-state index contributed by atoms with van der Waals surface area (Å²) in [4.78, 5) is 11.8. The maximum absolute atomic E-state index is 11.8. The Morgan fingerprint density at radius 1 is 1.12 bits per heavy atom. The molecule has 0 spiro atoms. The standard InChI is InChI=1S/C20H23ClN2O2/c1-14(16-7-9-17(21)10-8-16)22-18-11-19(12-18)23-20(24)25-13-15-5-3-2-4-6-15/h2-10,14,18-19,22H,11-13H2,1H3,(H,23,24)/t14-,18?,19?/m1/s1. The van der Waals surface area contributed by atoms with Gasteiger partial charge in [0.05, 0.1) is 0 Å². The minimum absolute atomic E-state index is 0.179. The predicted octanol–water partition coefficient (Wildman–Crippen LogP) is 4.45. The van der Waals surface area contributed by atoms with Crippen molar-refractivity contribution in [2.75, 3.05) is 0 Å². The molecule has 5 heteroatoms. The molecule has 0 heterocycles. The van der Waals surface area contributed by atoms with E-state index >= 15 is 0 Å². The number of carbonyl (C=O) groups is 1. The summed E-state index contributed by atoms with van der Waals surface area (Å²) in [6.07, 6.45) is 1.48. The second-order valence-corrected chi connectivity index (χ2v) is 6.95. The molecule has 0 bridgehead atoms. The molecule has 1 atom stereocenters. The van der Waals surface area contributed by atoms with E-state index in [9.17, 15) is 4.79 Å². The van der Waals surface area contributed by atoms with Crippen molar-refractivity contribution in [1.82, 2.24) is 10.6 Å². The van der Waals surface area contributed by atoms with Gasteiger partial charge in [0.1, 0.15) is 6.61 Å². The van der Waals surface area contributed by atoms with E-state index in [1.54, 1.807) is 0 Å². The Morgan fingerprint density at radius 2 is 1.80 bits per heavy atom. The molecule has 132 valence electrons. The summed E-state index contributed by atoms with van der Waals surface area (Å²) >= 11 is 5.92. The zero-order valence-electron chi connectivity index (χ0n) is 14.2. The monoisotopic (exact) mass is 358 g/mol. The van der Waals surface area contributed by atoms with Crippen molar-refractivity contribution in [3.05, 3.63) is 70.7 Å². The number of alkyl carbamates (subject to hydrolysis) is 1. The van der Waals surface area contributed by atoms with E-state index in [4.69, 9.17) is 16.3 Å². The Balaban J connectivity index is 1.35. The van der Waals surface area contributed by atoms with Crippen LogP contribution >= 0.6 is 11.6 Å². The van der Waals surface area contributed by atoms with Gasteiger partial charge in [-0.1, -0.05) is 54.1 Å². The van der Waals surface area contributed by atoms with Gasteiger partial charge in [0, 0.05) is 23.1 Å². The van der Waals surface area contributed by atoms with Gasteiger partial charge < -0.3 is 15.4 Å². The number of ether oxygens (including phenoxy) is 1. The normalized spacial score (nSPS) is 20.4. The second-order valence-electron chi connectivity index (χ2n) is 6.51. The van der Waals surface area contributed by atoms with Crippen LogP contribution in [0.5, 0.6) is 0 Å². The van der Waals surface area contributed by atoms with Crippen LogP contribution in [0.2, 0.25) is 5.02 Å². The average Bonchev–Trinajstić information content (AvgIpc) is 2.59. The van der Waals surface area contributed by atoms with E-state index in [1.165, 1.54) is 5.56 Å². The molecule has 3 rings (SSSR count). The molecule has 0 aliphatic heterocycles. The molecule has 0 saturated heterocycles. The Labute approximate surface area is 153 Å². The maximum Gasteiger partial charge on any atom is 0.407 e. The van der Waals surface area contributed by atoms with E-state index in [2.05, 4.69) is 17.6 Å². The van der Waals surface area contributed by atoms with E-state index in [0.717, 1.165) is 23.4 Å². The highest BCUT2D eigenvalue weighted by Gasteiger charge is 2.31. The van der Waals surface area contributed by atoms with Crippen LogP contribution in [-0.4, -0.2) is 18.2 Å². The fraction of sp³-hybridized carbons (Fsp3) is 0.350. The van der Waals surface area contributed by atoms with E-state index in [0.29, 0.717) is 12.6 Å². The number of halogens is 1. The minimum atomic E-state index is -0.349. The molecule has 1 aliphatic rings. The van der Waals surface area contributed by atoms with Gasteiger partial charge >= 0.3 is 6.09 Å². The quantitative estimate of drug-likeness (QED) is 0.802. The van der Waals surface area contributed by atoms with Crippen LogP contribution in [0.3, 0.4) is 0 Å². The molecular weight excluding hydrogens is 336 g/mol. The molecule has 2 N–H and O–H groups in total. The summed E-state index contributed by atoms with van der Waals surface area (Å²) in [5.74, 6) is 0. The third kappa shape index (κ3) is 5.21. The fourth-order valence-electron chi connectivity index (χ4n) is 3.00. The van der Waals surface area contributed by atoms with Gasteiger partial charge in [0.2, 0.25) is 0 Å². The molecule has 0 aromatic heterocycles. The molecular formula is C20H23ClN2O2. The van der Waals surface area contributed by atoms with Crippen molar-refractivity contribution in [3.63, 3.8) is 0 Å². The summed E-state index contributed by atoms with van der Waals surface area (Å²) in [6.45, 7) is 2.44. The molecule has 1 saturated carbocycles. The molecule has 25 heavy (non-hydrogen) atoms. The van der Waals surface area contributed by atoms with Crippen LogP contribution in [0, 0.1) is 0 Å². The average molecular weight is 359 g/mol. The van der Waals surface area contributed by atoms with Crippen LogP contribution in [0.25, 0.3) is 0 Å². The van der Waals surface area contributed by atoms with Crippen LogP contribution in [0.15, 0.2) is 54.6 Å². The second kappa shape index (κ2) is 8.37. The van der Waals surface area contributed by atoms with Gasteiger partial charge in [-0.2, -0.15) is 0 Å². The number of hydrogen-bond acceptors (Lipinski definition) is 3. The molecule has 2 aromatic rings. The SMILES string of the molecule is C[C@@H](NC1CC(NC(=O)OCc2ccccc2)C1)c1ccc(Cl)cc1. The fourth-order valence-corrected chi connectivity index (χ4v) is 3.13. The van der Waals surface area contributed by atoms with Gasteiger partial charge in [-0.05, 0) is 43.0 Å². The molecule has 0 unspecified atom stereocenters. The molecule has 1 aliphatic carbocycles. The number of carbonyl (C=O) groups excluding carboxylic acids is 1. The molecule has 4 nitrogen and oxygen atoms in total. The summed E-state index contributed by atoms with van der Waals surface area (Å²) in [5.41, 5.74) is 2.20. The summed E-state index contributed by atoms with van der Waals surface area (Å²) in [7, 11) is 0. The lowest BCUT2D eigenvalue weighted by Gasteiger charge is -2.38. The van der Waals surface area contributed by atoms with Crippen LogP contribution in [-0.2, 0) is 11.3 Å². The zero-order valence-corrected chi connectivity index (χ0v) is 15.0. The largest absolute Gasteiger partial charge is 0.445 e. The van der Waals surface area contributed by atoms with E-state index < -0.39 is 0 Å². The number of hydrogen-bond donors (Lipinski definition) is 2. The van der Waals surface area contributed by atoms with Gasteiger partial charge in [0.15, 0.2) is 0 Å². The lowest BCUT2D eigenvalue weighted by Crippen LogP contribution is -2.52. The van der Waals surface area contributed by atoms with Gasteiger partial charge in [0.25, 0.3) is 0 Å². The van der Waals surface area contributed by atoms with Crippen molar-refractivity contribution in [2.24, 2.45) is 0 Å². The van der Waals surface area contributed by atoms with Gasteiger partial charge in [-0.25, -0.2) is 4.79 Å². The number of nitrogens with one attached hydrogen (secondary N) is 2. The Morgan fingerprint density at radius 3 is 2.48 bits per heavy atom. The first-order valence-corrected chi connectivity index (χ1v) is 8.96. The summed E-state index contributed by atoms with van der Waals surface area (Å²) in [6, 6.07) is 18.4. The van der Waals surface area contributed by atoms with Crippen molar-refractivity contribution in [3.8, 4) is 0 Å². The minimum Gasteiger partial charge on any atom is -0.445 e. The maximum atomic E-state index is 11.8. The molecule has 1 fully saturated rings. The number of benzene rings is 2. The lowest BCUT2D eigenvalue weighted by atomic mass is 9.86. The van der Waals surface area contributed by atoms with Gasteiger partial charge in [-0.15, -0.1) is 0 Å². The Kier molecular flexibility index (Phi) is 5.95. The van der Waals surface area contributed by atoms with Crippen molar-refractivity contribution >= 4 is 17.7 Å². The van der Waals surface area contributed by atoms with Crippen molar-refractivity contribution < 1.29 is 9.53 Å². The number of amides is 1. The molecule has 1 amide bonds. The topological polar surface area (TPSA) is 50.4 Å². The molecule has 0 radical (unpaired) electrons. The first-order chi connectivity index (χ1) is 12.1. The first kappa shape index (κ1) is 17.8. The highest BCUT2D eigenvalue weighted by Crippen LogP contribution is 2.24. The highest BCUT2D eigenvalue weighted by atomic mass is 35.5. The summed E-state index contributed by atoms with van der Waals surface area (Å²) < 4.78 is 5.25. The number of rotatable bonds is 6. The van der Waals surface area contributed by atoms with Crippen molar-refractivity contribution in [2.45, 2.75) is 44.5 Å². The Hall–Kier alpha value is -2.04. The third-order valence-corrected chi connectivity index (χ3v) is 4.78. The first-order valence-electron chi connectivity index (χ1n) is 8.59. The van der Waals surface area contributed by atoms with E-state index in [-0.39, 0.29) is 18.2 Å². The van der Waals surface area contributed by atoms with E-state index in [1.807, 2.05) is 54.6 Å². The zero-order chi connectivity index (χ0) is 17.6. The highest BCUT2D eigenvalue weighted by molar-refractivity contribution is 6.30. The van der Waals surface area contributed by atoms with Gasteiger partial charge in [-0.3, -0.25) is 0 Å². The summed E-state index contributed by atoms with van der Waals surface area (Å²) in [5, 5.41) is 7.24. The van der Waals surface area contributed by atoms with Crippen molar-refractivity contribution in [1.29, 1.82) is 0 Å². The molecule has 2 aromatic carbocycles. The lowest BCUT2D eigenvalue weighted by molar-refractivity contribution is 0.124. The third-order valence-electron chi connectivity index (χ3n) is 4.53. The van der Waals surface area contributed by atoms with Crippen LogP contribution in [0.1, 0.15) is 36.9 Å². The van der Waals surface area contributed by atoms with Crippen LogP contribution in [0.4, 0.5) is 4.79 Å². The predicted molar refractivity (Wildman–Crippen MR) is 99.6 cm³/mol.